The van der Waals surface area contributed by atoms with E-state index < -0.39 is 35.1 Å². The number of allylic oxidation sites excluding steroid dienone is 1. The summed E-state index contributed by atoms with van der Waals surface area (Å²) in [4.78, 5) is 34.6. The number of oxime groups is 1. The van der Waals surface area contributed by atoms with Crippen LogP contribution in [0.15, 0.2) is 101 Å². The number of amides is 1. The highest BCUT2D eigenvalue weighted by molar-refractivity contribution is 7.98. The molecular formula is C49H61N3O11S. The first kappa shape index (κ1) is 47.0. The number of benzene rings is 3. The average molecular weight is 900 g/mol. The number of non-ortho nitro benzene ring substituents is 1. The molecule has 0 bridgehead atoms. The van der Waals surface area contributed by atoms with Gasteiger partial charge in [0.1, 0.15) is 29.0 Å². The Morgan fingerprint density at radius 2 is 1.75 bits per heavy atom. The summed E-state index contributed by atoms with van der Waals surface area (Å²) in [7, 11) is 0. The smallest absolute Gasteiger partial charge is 0.415 e. The monoisotopic (exact) mass is 899 g/mol. The van der Waals surface area contributed by atoms with Gasteiger partial charge in [0.05, 0.1) is 29.8 Å². The van der Waals surface area contributed by atoms with Crippen molar-refractivity contribution >= 4 is 29.3 Å². The third-order valence-electron chi connectivity index (χ3n) is 12.7. The van der Waals surface area contributed by atoms with E-state index in [0.717, 1.165) is 54.6 Å². The molecule has 4 aliphatic rings. The van der Waals surface area contributed by atoms with E-state index >= 15 is 0 Å². The van der Waals surface area contributed by atoms with E-state index in [4.69, 9.17) is 33.7 Å². The summed E-state index contributed by atoms with van der Waals surface area (Å²) in [6.07, 6.45) is 12.6. The number of carbonyl (C=O) groups is 1. The lowest BCUT2D eigenvalue weighted by atomic mass is 9.55. The van der Waals surface area contributed by atoms with E-state index in [1.165, 1.54) is 24.3 Å². The average Bonchev–Trinajstić information content (AvgIpc) is 3.31. The van der Waals surface area contributed by atoms with Gasteiger partial charge >= 0.3 is 6.09 Å². The van der Waals surface area contributed by atoms with Crippen LogP contribution in [0.2, 0.25) is 0 Å². The van der Waals surface area contributed by atoms with Gasteiger partial charge in [-0.2, -0.15) is 0 Å². The lowest BCUT2D eigenvalue weighted by molar-refractivity contribution is -0.384. The van der Waals surface area contributed by atoms with E-state index in [9.17, 15) is 25.1 Å². The van der Waals surface area contributed by atoms with Crippen molar-refractivity contribution in [2.75, 3.05) is 39.2 Å². The highest BCUT2D eigenvalue weighted by atomic mass is 32.2. The number of ether oxygens (including phenoxy) is 5. The number of unbranched alkanes of at least 4 members (excludes halogenated alkanes) is 2. The lowest BCUT2D eigenvalue weighted by Gasteiger charge is -2.59. The molecule has 7 rings (SSSR count). The largest absolute Gasteiger partial charge is 0.459 e. The quantitative estimate of drug-likeness (QED) is 0.0341. The molecule has 0 spiro atoms. The van der Waals surface area contributed by atoms with Gasteiger partial charge in [-0.15, -0.1) is 18.3 Å². The van der Waals surface area contributed by atoms with Crippen molar-refractivity contribution in [2.45, 2.75) is 106 Å². The SMILES string of the molecule is C=CCO[C@@]12Oc3ccc(Oc4ccc(SC)cc4)cc3[C@H]3[C@H](CCCCO)[C@@H](CCCCO)C=C(C(=NOC4CCCCO4)C[C@@H]1N(CCC)C(=O)Oc1ccc([N+](=O)[O-])cc1)[C@H]32. The zero-order valence-corrected chi connectivity index (χ0v) is 37.6. The molecule has 1 unspecified atom stereocenters. The standard InChI is InChI=1S/C49H61N3O11S/c1-4-25-51(48(55)61-36-17-15-34(16-18-36)52(56)57)44-32-42(50-63-45-14-8-11-29-58-45)40-30-33(12-6-9-26-53)39(13-7-10-27-54)46-41-31-37(60-35-19-22-38(64-3)23-20-35)21-24-43(41)62-49(44,47(40)46)59-28-5-2/h5,15-24,30-31,33,39,44-47,53-54H,2,4,6-14,25-29,32H2,1,3H3/t33-,39+,44-,45?,46+,47+,49+/m0/s1. The highest BCUT2D eigenvalue weighted by Crippen LogP contribution is 2.62. The van der Waals surface area contributed by atoms with Crippen LogP contribution in [-0.4, -0.2) is 89.2 Å². The fourth-order valence-corrected chi connectivity index (χ4v) is 10.2. The fourth-order valence-electron chi connectivity index (χ4n) is 9.82. The maximum absolute atomic E-state index is 14.7. The normalized spacial score (nSPS) is 25.2. The zero-order valence-electron chi connectivity index (χ0n) is 36.8. The Balaban J connectivity index is 1.41. The summed E-state index contributed by atoms with van der Waals surface area (Å²) in [5.74, 6) is -0.168. The molecule has 2 fully saturated rings. The third-order valence-corrected chi connectivity index (χ3v) is 13.4. The Labute approximate surface area is 379 Å². The maximum atomic E-state index is 14.7. The predicted octanol–water partition coefficient (Wildman–Crippen LogP) is 10.2. The minimum atomic E-state index is -1.50. The number of fused-ring (bicyclic) bond motifs is 2. The van der Waals surface area contributed by atoms with Gasteiger partial charge in [0.25, 0.3) is 5.69 Å². The van der Waals surface area contributed by atoms with Gasteiger partial charge in [-0.3, -0.25) is 15.0 Å². The Hall–Kier alpha value is -4.93. The number of thioether (sulfide) groups is 1. The van der Waals surface area contributed by atoms with Crippen molar-refractivity contribution in [3.63, 3.8) is 0 Å². The molecule has 2 N–H and O–H groups in total. The van der Waals surface area contributed by atoms with Crippen LogP contribution in [0.1, 0.15) is 89.0 Å². The minimum Gasteiger partial charge on any atom is -0.459 e. The number of hydrogen-bond donors (Lipinski definition) is 2. The molecule has 344 valence electrons. The fraction of sp³-hybridized carbons (Fsp3) is 0.510. The van der Waals surface area contributed by atoms with E-state index in [0.29, 0.717) is 55.3 Å². The van der Waals surface area contributed by atoms with Crippen LogP contribution >= 0.6 is 11.8 Å². The van der Waals surface area contributed by atoms with Crippen LogP contribution in [0, 0.1) is 27.9 Å². The van der Waals surface area contributed by atoms with Crippen LogP contribution in [0.4, 0.5) is 10.5 Å². The molecule has 0 radical (unpaired) electrons. The number of hydrogen-bond acceptors (Lipinski definition) is 13. The zero-order chi connectivity index (χ0) is 45.1. The Morgan fingerprint density at radius 3 is 2.42 bits per heavy atom. The van der Waals surface area contributed by atoms with E-state index in [2.05, 4.69) is 18.7 Å². The summed E-state index contributed by atoms with van der Waals surface area (Å²) in [5, 5.41) is 36.3. The maximum Gasteiger partial charge on any atom is 0.415 e. The number of rotatable bonds is 21. The molecule has 3 aromatic rings. The number of aliphatic hydroxyl groups is 2. The predicted molar refractivity (Wildman–Crippen MR) is 244 cm³/mol. The Morgan fingerprint density at radius 1 is 1.02 bits per heavy atom. The van der Waals surface area contributed by atoms with Crippen molar-refractivity contribution in [1.82, 2.24) is 4.90 Å². The van der Waals surface area contributed by atoms with Crippen molar-refractivity contribution in [3.05, 3.63) is 107 Å². The van der Waals surface area contributed by atoms with Crippen LogP contribution in [-0.2, 0) is 14.3 Å². The molecule has 1 saturated carbocycles. The van der Waals surface area contributed by atoms with Gasteiger partial charge in [-0.25, -0.2) is 4.79 Å². The molecule has 3 aromatic carbocycles. The summed E-state index contributed by atoms with van der Waals surface area (Å²) in [6, 6.07) is 18.4. The molecule has 64 heavy (non-hydrogen) atoms. The van der Waals surface area contributed by atoms with Gasteiger partial charge in [0, 0.05) is 61.1 Å². The van der Waals surface area contributed by atoms with Crippen molar-refractivity contribution in [1.29, 1.82) is 0 Å². The topological polar surface area (TPSA) is 172 Å². The van der Waals surface area contributed by atoms with Gasteiger partial charge in [-0.1, -0.05) is 37.1 Å². The molecule has 0 aromatic heterocycles. The third kappa shape index (κ3) is 10.6. The molecule has 1 amide bonds. The first-order valence-electron chi connectivity index (χ1n) is 22.6. The second-order valence-electron chi connectivity index (χ2n) is 16.8. The van der Waals surface area contributed by atoms with E-state index in [-0.39, 0.29) is 62.0 Å². The minimum absolute atomic E-state index is 0.0127. The molecule has 2 heterocycles. The Kier molecular flexibility index (Phi) is 16.4. The summed E-state index contributed by atoms with van der Waals surface area (Å²) < 4.78 is 32.9. The summed E-state index contributed by atoms with van der Waals surface area (Å²) >= 11 is 1.66. The van der Waals surface area contributed by atoms with Gasteiger partial charge in [0.2, 0.25) is 12.1 Å². The summed E-state index contributed by atoms with van der Waals surface area (Å²) in [6.45, 7) is 7.08. The number of nitro groups is 1. The first-order valence-corrected chi connectivity index (χ1v) is 23.9. The molecule has 2 aliphatic carbocycles. The van der Waals surface area contributed by atoms with Crippen LogP contribution < -0.4 is 14.2 Å². The lowest BCUT2D eigenvalue weighted by Crippen LogP contribution is -2.70. The molecule has 7 atom stereocenters. The highest BCUT2D eigenvalue weighted by Gasteiger charge is 2.65. The van der Waals surface area contributed by atoms with E-state index in [1.54, 1.807) is 22.7 Å². The first-order chi connectivity index (χ1) is 31.2. The molecule has 1 saturated heterocycles. The molecule has 15 heteroatoms. The van der Waals surface area contributed by atoms with Gasteiger partial charge < -0.3 is 38.7 Å². The second-order valence-corrected chi connectivity index (χ2v) is 17.6. The second kappa shape index (κ2) is 22.3. The van der Waals surface area contributed by atoms with Crippen molar-refractivity contribution < 1.29 is 48.5 Å². The number of aliphatic hydroxyl groups excluding tert-OH is 2. The molecule has 2 aliphatic heterocycles. The van der Waals surface area contributed by atoms with E-state index in [1.807, 2.05) is 49.6 Å². The van der Waals surface area contributed by atoms with Crippen LogP contribution in [0.3, 0.4) is 0 Å². The Bertz CT molecular complexity index is 2110. The number of carbonyl (C=O) groups excluding carboxylic acids is 1. The van der Waals surface area contributed by atoms with Crippen molar-refractivity contribution in [2.24, 2.45) is 22.9 Å². The van der Waals surface area contributed by atoms with Gasteiger partial charge in [0.15, 0.2) is 0 Å². The molecule has 14 nitrogen and oxygen atoms in total. The van der Waals surface area contributed by atoms with Gasteiger partial charge in [-0.05, 0) is 123 Å². The summed E-state index contributed by atoms with van der Waals surface area (Å²) in [5.41, 5.74) is 2.35. The number of nitro benzene ring substituents is 1. The number of nitrogens with zero attached hydrogens (tertiary/aromatic N) is 3. The van der Waals surface area contributed by atoms with Crippen molar-refractivity contribution in [3.8, 4) is 23.0 Å². The molecular weight excluding hydrogens is 839 g/mol. The van der Waals surface area contributed by atoms with Crippen LogP contribution in [0.5, 0.6) is 23.0 Å². The van der Waals surface area contributed by atoms with Crippen LogP contribution in [0.25, 0.3) is 0 Å².